The Morgan fingerprint density at radius 1 is 1.02 bits per heavy atom. The quantitative estimate of drug-likeness (QED) is 0.208. The van der Waals surface area contributed by atoms with Crippen molar-refractivity contribution in [2.75, 3.05) is 30.4 Å². The van der Waals surface area contributed by atoms with E-state index in [9.17, 15) is 18.0 Å². The minimum atomic E-state index is -3.86. The van der Waals surface area contributed by atoms with E-state index in [0.29, 0.717) is 53.7 Å². The molecule has 0 unspecified atom stereocenters. The van der Waals surface area contributed by atoms with Crippen LogP contribution in [0.4, 0.5) is 24.7 Å². The Bertz CT molecular complexity index is 1930. The highest BCUT2D eigenvalue weighted by Crippen LogP contribution is 2.39. The van der Waals surface area contributed by atoms with Crippen LogP contribution in [0.25, 0.3) is 28.3 Å². The minimum absolute atomic E-state index is 0.170. The summed E-state index contributed by atoms with van der Waals surface area (Å²) in [5, 5.41) is 7.46. The molecule has 1 saturated heterocycles. The number of nitrogens with one attached hydrogen (secondary N) is 1. The Kier molecular flexibility index (Phi) is 7.43. The summed E-state index contributed by atoms with van der Waals surface area (Å²) in [5.41, 5.74) is 1.32. The van der Waals surface area contributed by atoms with Crippen LogP contribution in [0.15, 0.2) is 67.4 Å². The number of hydrogen-bond acceptors (Lipinski definition) is 9. The van der Waals surface area contributed by atoms with Crippen molar-refractivity contribution in [1.82, 2.24) is 29.7 Å². The molecule has 2 aliphatic rings. The number of nitrogens with zero attached hydrogens (tertiary/aromatic N) is 7. The summed E-state index contributed by atoms with van der Waals surface area (Å²) in [6.45, 7) is 0.646. The first-order valence-electron chi connectivity index (χ1n) is 14.1. The molecular weight excluding hydrogens is 625 g/mol. The number of aromatic nitrogens is 6. The summed E-state index contributed by atoms with van der Waals surface area (Å²) < 4.78 is 51.2. The molecule has 1 fully saturated rings. The van der Waals surface area contributed by atoms with E-state index in [4.69, 9.17) is 26.4 Å². The molecule has 1 aliphatic carbocycles. The molecule has 46 heavy (non-hydrogen) atoms. The maximum atomic E-state index is 14.3. The molecule has 11 nitrogen and oxygen atoms in total. The first-order valence-corrected chi connectivity index (χ1v) is 14.5. The van der Waals surface area contributed by atoms with E-state index < -0.39 is 17.6 Å². The minimum Gasteiger partial charge on any atom is -0.494 e. The van der Waals surface area contributed by atoms with Crippen molar-refractivity contribution >= 4 is 29.0 Å². The van der Waals surface area contributed by atoms with Crippen LogP contribution in [0.3, 0.4) is 0 Å². The number of anilines is 2. The van der Waals surface area contributed by atoms with E-state index in [1.807, 2.05) is 17.2 Å². The highest BCUT2D eigenvalue weighted by molar-refractivity contribution is 6.20. The number of halogens is 4. The second-order valence-electron chi connectivity index (χ2n) is 10.7. The van der Waals surface area contributed by atoms with Crippen LogP contribution in [0.2, 0.25) is 0 Å². The van der Waals surface area contributed by atoms with Gasteiger partial charge >= 0.3 is 5.57 Å². The summed E-state index contributed by atoms with van der Waals surface area (Å²) in [6.07, 6.45) is 8.06. The number of methoxy groups -OCH3 is 1. The topological polar surface area (TPSA) is 120 Å². The molecule has 0 radical (unpaired) electrons. The van der Waals surface area contributed by atoms with Gasteiger partial charge < -0.3 is 19.7 Å². The monoisotopic (exact) mass is 648 g/mol. The summed E-state index contributed by atoms with van der Waals surface area (Å²) in [5.74, 6) is 0.785. The zero-order valence-electron chi connectivity index (χ0n) is 24.1. The summed E-state index contributed by atoms with van der Waals surface area (Å²) in [6, 6.07) is 8.94. The van der Waals surface area contributed by atoms with Crippen LogP contribution < -0.4 is 19.7 Å². The Labute approximate surface area is 265 Å². The zero-order chi connectivity index (χ0) is 32.0. The smallest absolute Gasteiger partial charge is 0.487 e. The molecule has 5 heterocycles. The number of alkyl halides is 4. The van der Waals surface area contributed by atoms with Crippen molar-refractivity contribution in [2.24, 2.45) is 0 Å². The second-order valence-corrected chi connectivity index (χ2v) is 11.2. The lowest BCUT2D eigenvalue weighted by Gasteiger charge is -2.21. The summed E-state index contributed by atoms with van der Waals surface area (Å²) >= 11 is 4.82. The molecule has 0 spiro atoms. The maximum Gasteiger partial charge on any atom is 0.487 e. The molecule has 234 valence electrons. The van der Waals surface area contributed by atoms with Gasteiger partial charge in [-0.2, -0.15) is 5.10 Å². The summed E-state index contributed by atoms with van der Waals surface area (Å²) in [4.78, 5) is 33.1. The number of benzene rings is 1. The van der Waals surface area contributed by atoms with Crippen LogP contribution in [0.1, 0.15) is 28.0 Å². The molecule has 7 rings (SSSR count). The fourth-order valence-electron chi connectivity index (χ4n) is 5.47. The van der Waals surface area contributed by atoms with E-state index in [0.717, 1.165) is 22.5 Å². The summed E-state index contributed by atoms with van der Waals surface area (Å²) in [7, 11) is 1.54. The van der Waals surface area contributed by atoms with Gasteiger partial charge in [0.05, 0.1) is 43.0 Å². The van der Waals surface area contributed by atoms with Gasteiger partial charge in [0.25, 0.3) is 11.9 Å². The Hall–Kier alpha value is -5.24. The van der Waals surface area contributed by atoms with E-state index in [1.54, 1.807) is 29.3 Å². The average molecular weight is 649 g/mol. The normalized spacial score (nSPS) is 15.4. The SMILES string of the molecule is COc1cnc(-n2cc3c(n2)-c2cc(-c4cc(C(=O)Nc5ccc(OC(F)(F)Cl)cc5)cnc4N4CC[C@@H](F)C4)cnc2C3)nc1. The number of rotatable bonds is 8. The van der Waals surface area contributed by atoms with Crippen molar-refractivity contribution < 1.29 is 27.4 Å². The lowest BCUT2D eigenvalue weighted by molar-refractivity contribution is -0.0964. The van der Waals surface area contributed by atoms with Gasteiger partial charge in [-0.25, -0.2) is 24.0 Å². The number of fused-ring (bicyclic) bond motifs is 3. The molecule has 4 aromatic heterocycles. The molecule has 1 amide bonds. The average Bonchev–Trinajstić information content (AvgIpc) is 3.75. The highest BCUT2D eigenvalue weighted by Gasteiger charge is 2.29. The highest BCUT2D eigenvalue weighted by atomic mass is 35.5. The Morgan fingerprint density at radius 3 is 2.50 bits per heavy atom. The molecular formula is C31H24ClF3N8O3. The molecule has 5 aromatic rings. The zero-order valence-corrected chi connectivity index (χ0v) is 24.9. The fourth-order valence-corrected chi connectivity index (χ4v) is 5.56. The number of carbonyl (C=O) groups is 1. The van der Waals surface area contributed by atoms with Gasteiger partial charge in [0.15, 0.2) is 5.75 Å². The third-order valence-corrected chi connectivity index (χ3v) is 7.72. The van der Waals surface area contributed by atoms with Crippen LogP contribution in [-0.4, -0.2) is 67.6 Å². The molecule has 1 aliphatic heterocycles. The Balaban J connectivity index is 1.20. The molecule has 0 bridgehead atoms. The predicted octanol–water partition coefficient (Wildman–Crippen LogP) is 5.67. The van der Waals surface area contributed by atoms with Gasteiger partial charge in [-0.15, -0.1) is 8.78 Å². The van der Waals surface area contributed by atoms with E-state index in [1.165, 1.54) is 37.6 Å². The van der Waals surface area contributed by atoms with Gasteiger partial charge in [-0.05, 0) is 42.8 Å². The first kappa shape index (κ1) is 29.5. The van der Waals surface area contributed by atoms with E-state index in [-0.39, 0.29) is 17.9 Å². The number of pyridine rings is 2. The third kappa shape index (κ3) is 5.90. The predicted molar refractivity (Wildman–Crippen MR) is 163 cm³/mol. The maximum absolute atomic E-state index is 14.3. The lowest BCUT2D eigenvalue weighted by atomic mass is 10.0. The molecule has 1 N–H and O–H groups in total. The van der Waals surface area contributed by atoms with Gasteiger partial charge in [-0.1, -0.05) is 0 Å². The Morgan fingerprint density at radius 2 is 1.80 bits per heavy atom. The molecule has 0 saturated carbocycles. The molecule has 1 aromatic carbocycles. The van der Waals surface area contributed by atoms with Gasteiger partial charge in [0.2, 0.25) is 0 Å². The number of hydrogen-bond donors (Lipinski definition) is 1. The van der Waals surface area contributed by atoms with Crippen molar-refractivity contribution in [3.8, 4) is 39.8 Å². The molecule has 1 atom stereocenters. The van der Waals surface area contributed by atoms with Gasteiger partial charge in [-0.3, -0.25) is 9.78 Å². The van der Waals surface area contributed by atoms with E-state index in [2.05, 4.69) is 25.0 Å². The number of carbonyl (C=O) groups excluding carboxylic acids is 1. The molecule has 15 heteroatoms. The van der Waals surface area contributed by atoms with Crippen molar-refractivity contribution in [3.63, 3.8) is 0 Å². The fraction of sp³-hybridized carbons (Fsp3) is 0.226. The van der Waals surface area contributed by atoms with Gasteiger partial charge in [0, 0.05) is 71.1 Å². The second kappa shape index (κ2) is 11.6. The number of amides is 1. The van der Waals surface area contributed by atoms with Crippen molar-refractivity contribution in [2.45, 2.75) is 24.6 Å². The van der Waals surface area contributed by atoms with Crippen LogP contribution in [0, 0.1) is 0 Å². The van der Waals surface area contributed by atoms with Crippen LogP contribution >= 0.6 is 11.6 Å². The van der Waals surface area contributed by atoms with Gasteiger partial charge in [0.1, 0.15) is 17.7 Å². The largest absolute Gasteiger partial charge is 0.494 e. The third-order valence-electron chi connectivity index (χ3n) is 7.64. The van der Waals surface area contributed by atoms with Crippen molar-refractivity contribution in [3.05, 3.63) is 84.2 Å². The van der Waals surface area contributed by atoms with Crippen LogP contribution in [-0.2, 0) is 6.42 Å². The van der Waals surface area contributed by atoms with Crippen LogP contribution in [0.5, 0.6) is 11.5 Å². The number of ether oxygens (including phenoxy) is 2. The lowest BCUT2D eigenvalue weighted by Crippen LogP contribution is -2.22. The standard InChI is InChI=1S/C31H24ClF3N8O3/c1-45-23-13-38-30(39-14-23)43-15-19-10-26-25(27(19)41-43)8-17(11-36-26)24-9-18(12-37-28(24)42-7-6-20(33)16-42)29(44)40-21-2-4-22(5-3-21)46-31(32,34)35/h2-5,8-9,11-15,20H,6-7,10,16H2,1H3,(H,40,44)/t20-/m1/s1. The van der Waals surface area contributed by atoms with Crippen molar-refractivity contribution in [1.29, 1.82) is 0 Å². The first-order chi connectivity index (χ1) is 22.1. The van der Waals surface area contributed by atoms with E-state index >= 15 is 0 Å².